The Morgan fingerprint density at radius 1 is 1.18 bits per heavy atom. The van der Waals surface area contributed by atoms with Crippen molar-refractivity contribution in [2.75, 3.05) is 6.54 Å². The second kappa shape index (κ2) is 5.46. The Labute approximate surface area is 192 Å². The smallest absolute Gasteiger partial charge is 0.252 e. The predicted octanol–water partition coefficient (Wildman–Crippen LogP) is 2.93. The Kier molecular flexibility index (Phi) is 3.25. The van der Waals surface area contributed by atoms with E-state index in [9.17, 15) is 14.7 Å². The summed E-state index contributed by atoms with van der Waals surface area (Å²) in [6, 6.07) is 3.90. The molecular formula is C26H29N3O4. The molecule has 0 saturated carbocycles. The molecule has 4 saturated heterocycles. The van der Waals surface area contributed by atoms with Crippen molar-refractivity contribution in [1.82, 2.24) is 15.2 Å². The van der Waals surface area contributed by atoms with Gasteiger partial charge in [-0.3, -0.25) is 9.59 Å². The maximum atomic E-state index is 13.9. The van der Waals surface area contributed by atoms with E-state index in [-0.39, 0.29) is 23.3 Å². The molecule has 33 heavy (non-hydrogen) atoms. The molecule has 4 fully saturated rings. The molecule has 1 aliphatic carbocycles. The number of aromatic nitrogens is 1. The number of aliphatic hydroxyl groups is 1. The lowest BCUT2D eigenvalue weighted by Crippen LogP contribution is -2.85. The zero-order valence-corrected chi connectivity index (χ0v) is 19.4. The summed E-state index contributed by atoms with van der Waals surface area (Å²) in [7, 11) is 0. The molecule has 7 heteroatoms. The van der Waals surface area contributed by atoms with Crippen LogP contribution in [-0.2, 0) is 15.0 Å². The number of hydrogen-bond acceptors (Lipinski definition) is 4. The van der Waals surface area contributed by atoms with E-state index in [1.165, 1.54) is 0 Å². The number of nitrogens with one attached hydrogen (secondary N) is 2. The minimum absolute atomic E-state index is 0.107. The summed E-state index contributed by atoms with van der Waals surface area (Å²) in [5.41, 5.74) is 0.564. The Morgan fingerprint density at radius 3 is 2.76 bits per heavy atom. The quantitative estimate of drug-likeness (QED) is 0.579. The van der Waals surface area contributed by atoms with Crippen molar-refractivity contribution in [3.8, 4) is 5.75 Å². The van der Waals surface area contributed by atoms with Crippen molar-refractivity contribution < 1.29 is 19.4 Å². The zero-order chi connectivity index (χ0) is 23.1. The molecule has 2 bridgehead atoms. The van der Waals surface area contributed by atoms with Gasteiger partial charge in [-0.25, -0.2) is 0 Å². The summed E-state index contributed by atoms with van der Waals surface area (Å²) in [5, 5.41) is 15.9. The third kappa shape index (κ3) is 1.99. The van der Waals surface area contributed by atoms with Gasteiger partial charge in [0.25, 0.3) is 5.91 Å². The van der Waals surface area contributed by atoms with Crippen LogP contribution in [0.2, 0.25) is 0 Å². The number of nitrogens with zero attached hydrogens (tertiary/aromatic N) is 1. The molecule has 6 heterocycles. The van der Waals surface area contributed by atoms with Crippen LogP contribution in [0.15, 0.2) is 18.2 Å². The number of H-pyrrole nitrogens is 1. The van der Waals surface area contributed by atoms with Crippen LogP contribution >= 0.6 is 0 Å². The molecule has 5 aliphatic heterocycles. The van der Waals surface area contributed by atoms with Gasteiger partial charge in [0, 0.05) is 40.1 Å². The molecule has 2 amide bonds. The first-order valence-corrected chi connectivity index (χ1v) is 11.9. The van der Waals surface area contributed by atoms with Crippen LogP contribution in [0.4, 0.5) is 0 Å². The van der Waals surface area contributed by atoms with Crippen molar-refractivity contribution in [2.45, 2.75) is 75.2 Å². The van der Waals surface area contributed by atoms with Gasteiger partial charge in [0.2, 0.25) is 5.91 Å². The molecule has 1 aromatic heterocycles. The second-order valence-electron chi connectivity index (χ2n) is 11.6. The Hall–Kier alpha value is -2.80. The van der Waals surface area contributed by atoms with E-state index in [1.54, 1.807) is 4.90 Å². The van der Waals surface area contributed by atoms with Crippen molar-refractivity contribution >= 4 is 28.8 Å². The molecule has 4 atom stereocenters. The average Bonchev–Trinajstić information content (AvgIpc) is 3.36. The standard InChI is InChI=1S/C26H29N3O4/c1-23(2)10-8-13-15(33-23)7-6-14-17-19(27-18(13)14)24(3,4)16-12-25-9-5-11-29(25)22(32)26(16,20(17)30)28-21(25)31/h6-8,10,16,20,27,30H,5,9,11-12H2,1-4H3,(H,28,31)/t16-,20-,25+,26?/m0/s1. The van der Waals surface area contributed by atoms with Crippen LogP contribution in [0.1, 0.15) is 69.9 Å². The number of piperidine rings is 2. The van der Waals surface area contributed by atoms with Gasteiger partial charge in [-0.2, -0.15) is 0 Å². The molecule has 8 rings (SSSR count). The van der Waals surface area contributed by atoms with Crippen molar-refractivity contribution in [3.05, 3.63) is 35.0 Å². The summed E-state index contributed by atoms with van der Waals surface area (Å²) in [6.07, 6.45) is 5.07. The fourth-order valence-electron chi connectivity index (χ4n) is 7.57. The van der Waals surface area contributed by atoms with Crippen LogP contribution < -0.4 is 10.1 Å². The highest BCUT2D eigenvalue weighted by atomic mass is 16.5. The van der Waals surface area contributed by atoms with Crippen LogP contribution in [0.5, 0.6) is 5.75 Å². The fraction of sp³-hybridized carbons (Fsp3) is 0.538. The van der Waals surface area contributed by atoms with E-state index >= 15 is 0 Å². The van der Waals surface area contributed by atoms with Crippen molar-refractivity contribution in [1.29, 1.82) is 0 Å². The molecule has 2 spiro atoms. The summed E-state index contributed by atoms with van der Waals surface area (Å²) in [6.45, 7) is 8.89. The predicted molar refractivity (Wildman–Crippen MR) is 123 cm³/mol. The first kappa shape index (κ1) is 19.6. The number of fused-ring (bicyclic) bond motifs is 6. The van der Waals surface area contributed by atoms with Crippen LogP contribution in [0, 0.1) is 5.92 Å². The summed E-state index contributed by atoms with van der Waals surface area (Å²) in [5.74, 6) is 0.354. The van der Waals surface area contributed by atoms with E-state index < -0.39 is 22.6 Å². The lowest BCUT2D eigenvalue weighted by molar-refractivity contribution is -0.191. The highest BCUT2D eigenvalue weighted by Crippen LogP contribution is 2.62. The number of piperazine rings is 1. The Morgan fingerprint density at radius 2 is 1.97 bits per heavy atom. The Bertz CT molecular complexity index is 1320. The lowest BCUT2D eigenvalue weighted by atomic mass is 9.50. The zero-order valence-electron chi connectivity index (χ0n) is 19.4. The summed E-state index contributed by atoms with van der Waals surface area (Å²) < 4.78 is 6.17. The largest absolute Gasteiger partial charge is 0.483 e. The number of carbonyl (C=O) groups is 2. The van der Waals surface area contributed by atoms with Gasteiger partial charge in [-0.05, 0) is 57.4 Å². The summed E-state index contributed by atoms with van der Waals surface area (Å²) in [4.78, 5) is 32.7. The number of amides is 2. The van der Waals surface area contributed by atoms with E-state index in [0.29, 0.717) is 19.4 Å². The van der Waals surface area contributed by atoms with Crippen LogP contribution in [0.3, 0.4) is 0 Å². The first-order chi connectivity index (χ1) is 15.5. The van der Waals surface area contributed by atoms with Crippen LogP contribution in [-0.4, -0.2) is 50.0 Å². The van der Waals surface area contributed by atoms with Gasteiger partial charge in [-0.15, -0.1) is 0 Å². The van der Waals surface area contributed by atoms with Gasteiger partial charge in [0.15, 0.2) is 5.54 Å². The third-order valence-corrected chi connectivity index (χ3v) is 9.18. The molecule has 0 radical (unpaired) electrons. The van der Waals surface area contributed by atoms with Gasteiger partial charge >= 0.3 is 0 Å². The van der Waals surface area contributed by atoms with E-state index in [4.69, 9.17) is 4.74 Å². The molecule has 2 aromatic rings. The Balaban J connectivity index is 1.50. The number of benzene rings is 1. The molecule has 1 unspecified atom stereocenters. The molecular weight excluding hydrogens is 418 g/mol. The number of hydrogen-bond donors (Lipinski definition) is 3. The van der Waals surface area contributed by atoms with Crippen molar-refractivity contribution in [2.24, 2.45) is 5.92 Å². The number of aromatic amines is 1. The number of rotatable bonds is 0. The summed E-state index contributed by atoms with van der Waals surface area (Å²) >= 11 is 0. The number of carbonyl (C=O) groups excluding carboxylic acids is 2. The van der Waals surface area contributed by atoms with E-state index in [1.807, 2.05) is 32.1 Å². The second-order valence-corrected chi connectivity index (χ2v) is 11.6. The van der Waals surface area contributed by atoms with Crippen LogP contribution in [0.25, 0.3) is 17.0 Å². The average molecular weight is 448 g/mol. The van der Waals surface area contributed by atoms with Gasteiger partial charge in [-0.1, -0.05) is 13.8 Å². The monoisotopic (exact) mass is 447 g/mol. The minimum atomic E-state index is -1.33. The number of aliphatic hydroxyl groups excluding tert-OH is 1. The van der Waals surface area contributed by atoms with E-state index in [2.05, 4.69) is 30.2 Å². The first-order valence-electron chi connectivity index (χ1n) is 11.9. The maximum Gasteiger partial charge on any atom is 0.252 e. The van der Waals surface area contributed by atoms with Gasteiger partial charge in [0.1, 0.15) is 23.0 Å². The highest BCUT2D eigenvalue weighted by molar-refractivity contribution is 6.07. The molecule has 6 aliphatic rings. The molecule has 3 N–H and O–H groups in total. The highest BCUT2D eigenvalue weighted by Gasteiger charge is 2.75. The lowest BCUT2D eigenvalue weighted by Gasteiger charge is -2.65. The number of ether oxygens (including phenoxy) is 1. The normalized spacial score (nSPS) is 36.7. The van der Waals surface area contributed by atoms with E-state index in [0.717, 1.165) is 39.9 Å². The molecule has 1 aromatic carbocycles. The van der Waals surface area contributed by atoms with Gasteiger partial charge < -0.3 is 25.0 Å². The minimum Gasteiger partial charge on any atom is -0.483 e. The maximum absolute atomic E-state index is 13.9. The molecule has 172 valence electrons. The third-order valence-electron chi connectivity index (χ3n) is 9.18. The van der Waals surface area contributed by atoms with Gasteiger partial charge in [0.05, 0.1) is 5.52 Å². The molecule has 7 nitrogen and oxygen atoms in total. The van der Waals surface area contributed by atoms with Crippen molar-refractivity contribution in [3.63, 3.8) is 0 Å². The fourth-order valence-corrected chi connectivity index (χ4v) is 7.57. The SMILES string of the molecule is CC1(C)C=Cc2c(ccc3c4c([nH]c23)C(C)(C)[C@@H]2C[C@@]35CCCN3C(=O)C2(NC5=O)[C@H]4O)O1. The topological polar surface area (TPSA) is 94.7 Å².